The van der Waals surface area contributed by atoms with Crippen molar-refractivity contribution >= 4 is 11.8 Å². The van der Waals surface area contributed by atoms with Crippen LogP contribution in [-0.4, -0.2) is 27.1 Å². The lowest BCUT2D eigenvalue weighted by molar-refractivity contribution is 0.0690. The molecule has 6 heteroatoms. The Bertz CT molecular complexity index is 627. The Morgan fingerprint density at radius 2 is 1.90 bits per heavy atom. The van der Waals surface area contributed by atoms with Gasteiger partial charge in [0, 0.05) is 17.7 Å². The van der Waals surface area contributed by atoms with Gasteiger partial charge in [0.05, 0.1) is 0 Å². The maximum atomic E-state index is 12.9. The number of aromatic nitrogens is 2. The van der Waals surface area contributed by atoms with Crippen molar-refractivity contribution < 1.29 is 14.3 Å². The minimum atomic E-state index is -1.14. The molecule has 0 fully saturated rings. The average Bonchev–Trinajstić information content (AvgIpc) is 2.38. The SMILES string of the molecule is CC(C)Nc1cc(C(=O)O)nc(-c2ccc(F)cc2)n1. The van der Waals surface area contributed by atoms with Crippen LogP contribution in [0.5, 0.6) is 0 Å². The molecule has 1 aromatic carbocycles. The van der Waals surface area contributed by atoms with Crippen LogP contribution < -0.4 is 5.32 Å². The van der Waals surface area contributed by atoms with Crippen molar-refractivity contribution in [2.75, 3.05) is 5.32 Å². The molecular weight excluding hydrogens is 261 g/mol. The van der Waals surface area contributed by atoms with Crippen molar-refractivity contribution in [1.29, 1.82) is 0 Å². The minimum Gasteiger partial charge on any atom is -0.477 e. The molecule has 0 spiro atoms. The lowest BCUT2D eigenvalue weighted by Gasteiger charge is -2.11. The van der Waals surface area contributed by atoms with Gasteiger partial charge in [-0.1, -0.05) is 0 Å². The summed E-state index contributed by atoms with van der Waals surface area (Å²) in [5, 5.41) is 12.1. The molecule has 20 heavy (non-hydrogen) atoms. The summed E-state index contributed by atoms with van der Waals surface area (Å²) < 4.78 is 12.9. The fourth-order valence-corrected chi connectivity index (χ4v) is 1.65. The molecule has 0 atom stereocenters. The topological polar surface area (TPSA) is 75.1 Å². The number of benzene rings is 1. The summed E-state index contributed by atoms with van der Waals surface area (Å²) in [6.45, 7) is 3.83. The lowest BCUT2D eigenvalue weighted by atomic mass is 10.2. The molecule has 0 aliphatic heterocycles. The first-order chi connectivity index (χ1) is 9.45. The van der Waals surface area contributed by atoms with Gasteiger partial charge in [-0.2, -0.15) is 0 Å². The number of nitrogens with zero attached hydrogens (tertiary/aromatic N) is 2. The van der Waals surface area contributed by atoms with E-state index < -0.39 is 5.97 Å². The predicted molar refractivity (Wildman–Crippen MR) is 73.1 cm³/mol. The third kappa shape index (κ3) is 3.28. The maximum absolute atomic E-state index is 12.9. The normalized spacial score (nSPS) is 10.6. The highest BCUT2D eigenvalue weighted by Crippen LogP contribution is 2.19. The second-order valence-electron chi connectivity index (χ2n) is 4.57. The highest BCUT2D eigenvalue weighted by molar-refractivity contribution is 5.87. The Balaban J connectivity index is 2.48. The Morgan fingerprint density at radius 3 is 2.45 bits per heavy atom. The first kappa shape index (κ1) is 13.9. The number of carbonyl (C=O) groups is 1. The first-order valence-electron chi connectivity index (χ1n) is 6.10. The number of aromatic carboxylic acids is 1. The molecule has 0 unspecified atom stereocenters. The van der Waals surface area contributed by atoms with E-state index in [-0.39, 0.29) is 23.4 Å². The summed E-state index contributed by atoms with van der Waals surface area (Å²) in [6, 6.07) is 7.05. The molecule has 0 bridgehead atoms. The van der Waals surface area contributed by atoms with Crippen LogP contribution in [0.25, 0.3) is 11.4 Å². The number of carboxylic acids is 1. The maximum Gasteiger partial charge on any atom is 0.354 e. The molecule has 2 rings (SSSR count). The van der Waals surface area contributed by atoms with Gasteiger partial charge < -0.3 is 10.4 Å². The number of carboxylic acid groups (broad SMARTS) is 1. The second-order valence-corrected chi connectivity index (χ2v) is 4.57. The van der Waals surface area contributed by atoms with Crippen LogP contribution in [0.1, 0.15) is 24.3 Å². The van der Waals surface area contributed by atoms with Crippen LogP contribution in [0.4, 0.5) is 10.2 Å². The number of hydrogen-bond acceptors (Lipinski definition) is 4. The molecule has 0 saturated carbocycles. The summed E-state index contributed by atoms with van der Waals surface area (Å²) >= 11 is 0. The Hall–Kier alpha value is -2.50. The minimum absolute atomic E-state index is 0.104. The Labute approximate surface area is 115 Å². The Morgan fingerprint density at radius 1 is 1.25 bits per heavy atom. The molecule has 104 valence electrons. The van der Waals surface area contributed by atoms with E-state index in [0.29, 0.717) is 11.4 Å². The van der Waals surface area contributed by atoms with Gasteiger partial charge >= 0.3 is 5.97 Å². The van der Waals surface area contributed by atoms with Gasteiger partial charge in [0.15, 0.2) is 11.5 Å². The van der Waals surface area contributed by atoms with Crippen LogP contribution in [0, 0.1) is 5.82 Å². The average molecular weight is 275 g/mol. The molecule has 0 radical (unpaired) electrons. The largest absolute Gasteiger partial charge is 0.477 e. The van der Waals surface area contributed by atoms with Gasteiger partial charge in [0.1, 0.15) is 11.6 Å². The summed E-state index contributed by atoms with van der Waals surface area (Å²) in [6.07, 6.45) is 0. The van der Waals surface area contributed by atoms with Gasteiger partial charge in [-0.25, -0.2) is 19.2 Å². The number of rotatable bonds is 4. The predicted octanol–water partition coefficient (Wildman–Crippen LogP) is 2.80. The second kappa shape index (κ2) is 5.64. The van der Waals surface area contributed by atoms with Gasteiger partial charge in [-0.15, -0.1) is 0 Å². The quantitative estimate of drug-likeness (QED) is 0.897. The first-order valence-corrected chi connectivity index (χ1v) is 6.10. The zero-order valence-electron chi connectivity index (χ0n) is 11.1. The zero-order chi connectivity index (χ0) is 14.7. The van der Waals surface area contributed by atoms with Crippen molar-refractivity contribution in [2.24, 2.45) is 0 Å². The molecular formula is C14H14FN3O2. The van der Waals surface area contributed by atoms with Crippen LogP contribution in [-0.2, 0) is 0 Å². The van der Waals surface area contributed by atoms with Crippen molar-refractivity contribution in [3.05, 3.63) is 41.8 Å². The van der Waals surface area contributed by atoms with Gasteiger partial charge in [0.2, 0.25) is 0 Å². The van der Waals surface area contributed by atoms with Crippen LogP contribution in [0.2, 0.25) is 0 Å². The number of anilines is 1. The number of halogens is 1. The van der Waals surface area contributed by atoms with E-state index in [4.69, 9.17) is 5.11 Å². The molecule has 1 aromatic heterocycles. The summed E-state index contributed by atoms with van der Waals surface area (Å²) in [5.74, 6) is -0.842. The Kier molecular flexibility index (Phi) is 3.93. The molecule has 2 N–H and O–H groups in total. The standard InChI is InChI=1S/C14H14FN3O2/c1-8(2)16-12-7-11(14(19)20)17-13(18-12)9-3-5-10(15)6-4-9/h3-8H,1-2H3,(H,19,20)(H,16,17,18). The summed E-state index contributed by atoms with van der Waals surface area (Å²) in [5.41, 5.74) is 0.448. The van der Waals surface area contributed by atoms with Crippen molar-refractivity contribution in [3.8, 4) is 11.4 Å². The fourth-order valence-electron chi connectivity index (χ4n) is 1.65. The third-order valence-electron chi connectivity index (χ3n) is 2.48. The van der Waals surface area contributed by atoms with Gasteiger partial charge in [-0.3, -0.25) is 0 Å². The van der Waals surface area contributed by atoms with Crippen LogP contribution in [0.15, 0.2) is 30.3 Å². The molecule has 2 aromatic rings. The van der Waals surface area contributed by atoms with Gasteiger partial charge in [0.25, 0.3) is 0 Å². The molecule has 5 nitrogen and oxygen atoms in total. The fraction of sp³-hybridized carbons (Fsp3) is 0.214. The molecule has 0 aliphatic rings. The van der Waals surface area contributed by atoms with Crippen LogP contribution >= 0.6 is 0 Å². The third-order valence-corrected chi connectivity index (χ3v) is 2.48. The highest BCUT2D eigenvalue weighted by Gasteiger charge is 2.12. The van der Waals surface area contributed by atoms with Gasteiger partial charge in [-0.05, 0) is 38.1 Å². The van der Waals surface area contributed by atoms with E-state index >= 15 is 0 Å². The van der Waals surface area contributed by atoms with E-state index in [1.807, 2.05) is 13.8 Å². The summed E-state index contributed by atoms with van der Waals surface area (Å²) in [7, 11) is 0. The number of nitrogens with one attached hydrogen (secondary N) is 1. The van der Waals surface area contributed by atoms with Crippen molar-refractivity contribution in [3.63, 3.8) is 0 Å². The smallest absolute Gasteiger partial charge is 0.354 e. The molecule has 1 heterocycles. The van der Waals surface area contributed by atoms with E-state index in [1.165, 1.54) is 30.3 Å². The van der Waals surface area contributed by atoms with E-state index in [2.05, 4.69) is 15.3 Å². The molecule has 0 saturated heterocycles. The lowest BCUT2D eigenvalue weighted by Crippen LogP contribution is -2.13. The monoisotopic (exact) mass is 275 g/mol. The number of hydrogen-bond donors (Lipinski definition) is 2. The zero-order valence-corrected chi connectivity index (χ0v) is 11.1. The van der Waals surface area contributed by atoms with Crippen LogP contribution in [0.3, 0.4) is 0 Å². The van der Waals surface area contributed by atoms with E-state index in [1.54, 1.807) is 0 Å². The van der Waals surface area contributed by atoms with Crippen molar-refractivity contribution in [1.82, 2.24) is 9.97 Å². The summed E-state index contributed by atoms with van der Waals surface area (Å²) in [4.78, 5) is 19.3. The van der Waals surface area contributed by atoms with E-state index in [9.17, 15) is 9.18 Å². The van der Waals surface area contributed by atoms with Crippen molar-refractivity contribution in [2.45, 2.75) is 19.9 Å². The molecule has 0 amide bonds. The highest BCUT2D eigenvalue weighted by atomic mass is 19.1. The molecule has 0 aliphatic carbocycles. The van der Waals surface area contributed by atoms with E-state index in [0.717, 1.165) is 0 Å².